The van der Waals surface area contributed by atoms with Crippen LogP contribution in [0.15, 0.2) is 89.2 Å². The first kappa shape index (κ1) is 16.4. The number of nitrogens with two attached hydrogens (primary N) is 1. The largest absolute Gasteiger partial charge is 0.456 e. The average Bonchev–Trinajstić information content (AvgIpc) is 3.04. The number of benzene rings is 3. The fourth-order valence-electron chi connectivity index (χ4n) is 3.47. The van der Waals surface area contributed by atoms with E-state index in [1.54, 1.807) is 0 Å². The maximum absolute atomic E-state index is 6.27. The average molecular weight is 367 g/mol. The molecule has 0 spiro atoms. The maximum Gasteiger partial charge on any atom is 0.204 e. The van der Waals surface area contributed by atoms with Crippen molar-refractivity contribution in [1.82, 2.24) is 0 Å². The Balaban J connectivity index is 1.70. The molecule has 0 saturated carbocycles. The number of anilines is 1. The fourth-order valence-corrected chi connectivity index (χ4v) is 3.47. The highest BCUT2D eigenvalue weighted by Crippen LogP contribution is 2.39. The summed E-state index contributed by atoms with van der Waals surface area (Å²) < 4.78 is 12.3. The quantitative estimate of drug-likeness (QED) is 0.590. The fraction of sp³-hybridized carbons (Fsp3) is 0.0417. The van der Waals surface area contributed by atoms with Crippen LogP contribution in [-0.4, -0.2) is 7.05 Å². The van der Waals surface area contributed by atoms with E-state index in [4.69, 9.17) is 14.6 Å². The molecule has 0 saturated heterocycles. The van der Waals surface area contributed by atoms with Gasteiger partial charge < -0.3 is 14.1 Å². The minimum atomic E-state index is 0.670. The Labute approximate surface area is 162 Å². The second kappa shape index (κ2) is 6.43. The first-order chi connectivity index (χ1) is 13.7. The van der Waals surface area contributed by atoms with Crippen molar-refractivity contribution in [3.8, 4) is 28.2 Å². The molecule has 2 heterocycles. The summed E-state index contributed by atoms with van der Waals surface area (Å²) in [5.74, 6) is 3.01. The Morgan fingerprint density at radius 2 is 1.64 bits per heavy atom. The third-order valence-corrected chi connectivity index (χ3v) is 4.93. The standard InChI is InChI=1S/C24H18N2O2/c1-26-20-9-5-6-10-21(20)28-24(26)15-23-19(16-7-3-2-4-8-16)13-17-11-12-18(25)14-22(17)27-23/h2-15,25H,1H3/p+1/b24-15+,25-18?. The van der Waals surface area contributed by atoms with Crippen molar-refractivity contribution in [2.75, 3.05) is 11.9 Å². The molecular formula is C24H19N2O2+. The molecule has 0 bridgehead atoms. The van der Waals surface area contributed by atoms with E-state index in [1.807, 2.05) is 78.7 Å². The molecule has 4 nitrogen and oxygen atoms in total. The van der Waals surface area contributed by atoms with Crippen molar-refractivity contribution in [3.63, 3.8) is 0 Å². The highest BCUT2D eigenvalue weighted by Gasteiger charge is 2.24. The van der Waals surface area contributed by atoms with E-state index in [2.05, 4.69) is 18.2 Å². The van der Waals surface area contributed by atoms with Crippen molar-refractivity contribution < 1.29 is 14.6 Å². The molecule has 0 amide bonds. The summed E-state index contributed by atoms with van der Waals surface area (Å²) in [6, 6.07) is 26.0. The monoisotopic (exact) mass is 367 g/mol. The van der Waals surface area contributed by atoms with Gasteiger partial charge in [-0.3, -0.25) is 5.41 Å². The summed E-state index contributed by atoms with van der Waals surface area (Å²) in [5.41, 5.74) is 4.10. The summed E-state index contributed by atoms with van der Waals surface area (Å²) in [7, 11) is 1.99. The van der Waals surface area contributed by atoms with Gasteiger partial charge in [-0.25, -0.2) is 0 Å². The van der Waals surface area contributed by atoms with Gasteiger partial charge in [0.15, 0.2) is 11.1 Å². The number of fused-ring (bicyclic) bond motifs is 2. The number of nitrogens with zero attached hydrogens (tertiary/aromatic N) is 1. The Morgan fingerprint density at radius 3 is 2.46 bits per heavy atom. The van der Waals surface area contributed by atoms with E-state index in [-0.39, 0.29) is 0 Å². The van der Waals surface area contributed by atoms with Crippen LogP contribution in [0.1, 0.15) is 5.76 Å². The molecule has 136 valence electrons. The molecule has 2 aromatic rings. The van der Waals surface area contributed by atoms with Crippen molar-refractivity contribution in [2.45, 2.75) is 0 Å². The van der Waals surface area contributed by atoms with Gasteiger partial charge in [0.2, 0.25) is 5.88 Å². The third-order valence-electron chi connectivity index (χ3n) is 4.93. The molecule has 0 atom stereocenters. The summed E-state index contributed by atoms with van der Waals surface area (Å²) in [5, 5.41) is 6.63. The van der Waals surface area contributed by atoms with E-state index in [0.717, 1.165) is 39.6 Å². The topological polar surface area (TPSA) is 51.2 Å². The second-order valence-corrected chi connectivity index (χ2v) is 6.80. The molecule has 4 heteroatoms. The van der Waals surface area contributed by atoms with Crippen LogP contribution in [0.2, 0.25) is 0 Å². The Bertz CT molecular complexity index is 1220. The van der Waals surface area contributed by atoms with Crippen LogP contribution in [0.25, 0.3) is 28.5 Å². The van der Waals surface area contributed by atoms with E-state index >= 15 is 0 Å². The SMILES string of the molecule is CN1/C(=C\c2oc3cc(=[NH2+])ccc-3cc2-c2ccccc2)Oc2ccccc21. The number of para-hydroxylation sites is 2. The van der Waals surface area contributed by atoms with Crippen molar-refractivity contribution in [1.29, 1.82) is 0 Å². The van der Waals surface area contributed by atoms with Crippen LogP contribution in [0, 0.1) is 0 Å². The molecule has 3 aliphatic rings. The molecule has 1 aliphatic carbocycles. The molecule has 5 rings (SSSR count). The zero-order valence-corrected chi connectivity index (χ0v) is 15.4. The van der Waals surface area contributed by atoms with Gasteiger partial charge in [-0.15, -0.1) is 0 Å². The van der Waals surface area contributed by atoms with Gasteiger partial charge in [-0.2, -0.15) is 0 Å². The third kappa shape index (κ3) is 2.76. The van der Waals surface area contributed by atoms with E-state index < -0.39 is 0 Å². The van der Waals surface area contributed by atoms with Crippen LogP contribution >= 0.6 is 0 Å². The predicted molar refractivity (Wildman–Crippen MR) is 109 cm³/mol. The lowest BCUT2D eigenvalue weighted by molar-refractivity contribution is -0.172. The molecule has 2 aliphatic heterocycles. The first-order valence-corrected chi connectivity index (χ1v) is 9.13. The minimum absolute atomic E-state index is 0.670. The molecule has 2 aromatic carbocycles. The zero-order chi connectivity index (χ0) is 19.1. The van der Waals surface area contributed by atoms with Crippen molar-refractivity contribution >= 4 is 11.8 Å². The normalized spacial score (nSPS) is 14.3. The highest BCUT2D eigenvalue weighted by molar-refractivity contribution is 5.80. The summed E-state index contributed by atoms with van der Waals surface area (Å²) >= 11 is 0. The molecule has 2 N–H and O–H groups in total. The summed E-state index contributed by atoms with van der Waals surface area (Å²) in [6.07, 6.45) is 1.94. The van der Waals surface area contributed by atoms with Crippen LogP contribution in [0.3, 0.4) is 0 Å². The number of ether oxygens (including phenoxy) is 1. The summed E-state index contributed by atoms with van der Waals surface area (Å²) in [6.45, 7) is 0. The zero-order valence-electron chi connectivity index (χ0n) is 15.4. The van der Waals surface area contributed by atoms with Crippen molar-refractivity contribution in [2.24, 2.45) is 0 Å². The van der Waals surface area contributed by atoms with Gasteiger partial charge in [0.1, 0.15) is 11.5 Å². The van der Waals surface area contributed by atoms with Gasteiger partial charge in [-0.1, -0.05) is 42.5 Å². The molecule has 28 heavy (non-hydrogen) atoms. The van der Waals surface area contributed by atoms with Gasteiger partial charge in [0.05, 0.1) is 11.8 Å². The van der Waals surface area contributed by atoms with Gasteiger partial charge in [0.25, 0.3) is 0 Å². The number of rotatable bonds is 2. The molecule has 0 unspecified atom stereocenters. The first-order valence-electron chi connectivity index (χ1n) is 9.13. The maximum atomic E-state index is 6.27. The molecule has 0 radical (unpaired) electrons. The molecule has 0 aromatic heterocycles. The van der Waals surface area contributed by atoms with E-state index in [9.17, 15) is 0 Å². The lowest BCUT2D eigenvalue weighted by Gasteiger charge is -2.14. The lowest BCUT2D eigenvalue weighted by Crippen LogP contribution is -2.44. The summed E-state index contributed by atoms with van der Waals surface area (Å²) in [4.78, 5) is 2.02. The van der Waals surface area contributed by atoms with Gasteiger partial charge in [-0.05, 0) is 29.8 Å². The number of hydrogen-bond acceptors (Lipinski definition) is 3. The highest BCUT2D eigenvalue weighted by atomic mass is 16.5. The van der Waals surface area contributed by atoms with Crippen molar-refractivity contribution in [3.05, 3.63) is 95.9 Å². The van der Waals surface area contributed by atoms with Crippen LogP contribution in [0.5, 0.6) is 5.75 Å². The number of hydrogen-bond donors (Lipinski definition) is 1. The Kier molecular flexibility index (Phi) is 3.76. The van der Waals surface area contributed by atoms with Gasteiger partial charge in [0, 0.05) is 30.3 Å². The molecular weight excluding hydrogens is 348 g/mol. The van der Waals surface area contributed by atoms with Crippen LogP contribution in [-0.2, 0) is 0 Å². The van der Waals surface area contributed by atoms with E-state index in [1.165, 1.54) is 0 Å². The second-order valence-electron chi connectivity index (χ2n) is 6.80. The van der Waals surface area contributed by atoms with E-state index in [0.29, 0.717) is 11.2 Å². The van der Waals surface area contributed by atoms with Gasteiger partial charge >= 0.3 is 0 Å². The van der Waals surface area contributed by atoms with Crippen LogP contribution < -0.4 is 20.4 Å². The van der Waals surface area contributed by atoms with Crippen LogP contribution in [0.4, 0.5) is 5.69 Å². The Hall–Kier alpha value is -3.79. The predicted octanol–water partition coefficient (Wildman–Crippen LogP) is 3.54. The Morgan fingerprint density at radius 1 is 0.857 bits per heavy atom. The minimum Gasteiger partial charge on any atom is -0.456 e. The molecule has 0 fully saturated rings. The smallest absolute Gasteiger partial charge is 0.204 e. The lowest BCUT2D eigenvalue weighted by atomic mass is 10.0.